The van der Waals surface area contributed by atoms with Crippen molar-refractivity contribution >= 4 is 21.5 Å². The summed E-state index contributed by atoms with van der Waals surface area (Å²) in [6.45, 7) is 0.391. The van der Waals surface area contributed by atoms with Crippen LogP contribution in [0.2, 0.25) is 0 Å². The summed E-state index contributed by atoms with van der Waals surface area (Å²) in [7, 11) is 0. The molecular formula is C25H15NO5. The van der Waals surface area contributed by atoms with Crippen LogP contribution >= 0.6 is 0 Å². The van der Waals surface area contributed by atoms with Gasteiger partial charge in [-0.05, 0) is 29.7 Å². The zero-order valence-corrected chi connectivity index (χ0v) is 16.3. The third kappa shape index (κ3) is 2.69. The van der Waals surface area contributed by atoms with E-state index in [0.29, 0.717) is 46.8 Å². The van der Waals surface area contributed by atoms with Crippen LogP contribution in [0.3, 0.4) is 0 Å². The molecule has 0 amide bonds. The largest absolute Gasteiger partial charge is 0.492 e. The first kappa shape index (κ1) is 17.7. The molecule has 4 heterocycles. The van der Waals surface area contributed by atoms with E-state index in [1.54, 1.807) is 30.6 Å². The van der Waals surface area contributed by atoms with E-state index in [1.165, 1.54) is 0 Å². The van der Waals surface area contributed by atoms with Gasteiger partial charge in [-0.25, -0.2) is 9.59 Å². The van der Waals surface area contributed by atoms with Crippen LogP contribution in [0.1, 0.15) is 5.56 Å². The van der Waals surface area contributed by atoms with E-state index in [0.717, 1.165) is 16.3 Å². The van der Waals surface area contributed by atoms with Crippen molar-refractivity contribution in [2.75, 3.05) is 6.61 Å². The van der Waals surface area contributed by atoms with Gasteiger partial charge in [0.1, 0.15) is 17.3 Å². The molecule has 0 bridgehead atoms. The molecule has 1 aliphatic heterocycles. The molecule has 0 unspecified atom stereocenters. The molecule has 6 nitrogen and oxygen atoms in total. The Morgan fingerprint density at radius 2 is 1.65 bits per heavy atom. The second-order valence-electron chi connectivity index (χ2n) is 7.38. The molecule has 0 saturated heterocycles. The van der Waals surface area contributed by atoms with E-state index in [1.807, 2.05) is 36.4 Å². The van der Waals surface area contributed by atoms with Gasteiger partial charge in [-0.3, -0.25) is 4.98 Å². The molecule has 0 N–H and O–H groups in total. The van der Waals surface area contributed by atoms with Gasteiger partial charge in [-0.2, -0.15) is 0 Å². The highest BCUT2D eigenvalue weighted by Gasteiger charge is 2.25. The molecule has 0 saturated carbocycles. The second kappa shape index (κ2) is 6.67. The van der Waals surface area contributed by atoms with Crippen molar-refractivity contribution in [3.63, 3.8) is 0 Å². The minimum Gasteiger partial charge on any atom is -0.492 e. The number of rotatable bonds is 1. The second-order valence-corrected chi connectivity index (χ2v) is 7.38. The third-order valence-electron chi connectivity index (χ3n) is 5.64. The zero-order chi connectivity index (χ0) is 20.9. The highest BCUT2D eigenvalue weighted by Crippen LogP contribution is 2.41. The maximum atomic E-state index is 12.8. The Kier molecular flexibility index (Phi) is 3.80. The highest BCUT2D eigenvalue weighted by molar-refractivity contribution is 5.97. The van der Waals surface area contributed by atoms with E-state index in [2.05, 4.69) is 4.98 Å². The summed E-state index contributed by atoms with van der Waals surface area (Å²) in [6, 6.07) is 17.0. The van der Waals surface area contributed by atoms with Gasteiger partial charge in [0.05, 0.1) is 12.2 Å². The summed E-state index contributed by atoms with van der Waals surface area (Å²) in [5.74, 6) is 1.48. The van der Waals surface area contributed by atoms with E-state index in [4.69, 9.17) is 13.6 Å². The molecule has 31 heavy (non-hydrogen) atoms. The van der Waals surface area contributed by atoms with Crippen LogP contribution in [0.5, 0.6) is 5.75 Å². The van der Waals surface area contributed by atoms with E-state index < -0.39 is 11.3 Å². The summed E-state index contributed by atoms with van der Waals surface area (Å²) in [6.07, 6.45) is 3.72. The summed E-state index contributed by atoms with van der Waals surface area (Å²) < 4.78 is 17.2. The summed E-state index contributed by atoms with van der Waals surface area (Å²) in [5, 5.41) is 2.42. The lowest BCUT2D eigenvalue weighted by Gasteiger charge is -2.11. The molecule has 0 aliphatic carbocycles. The van der Waals surface area contributed by atoms with Crippen LogP contribution in [0.4, 0.5) is 0 Å². The lowest BCUT2D eigenvalue weighted by Crippen LogP contribution is -2.14. The maximum absolute atomic E-state index is 12.8. The van der Waals surface area contributed by atoms with Crippen LogP contribution in [0.15, 0.2) is 85.4 Å². The predicted molar refractivity (Wildman–Crippen MR) is 116 cm³/mol. The Bertz CT molecular complexity index is 1600. The van der Waals surface area contributed by atoms with Gasteiger partial charge in [0, 0.05) is 40.7 Å². The van der Waals surface area contributed by atoms with Crippen molar-refractivity contribution in [3.8, 4) is 28.4 Å². The zero-order valence-electron chi connectivity index (χ0n) is 16.3. The fraction of sp³-hybridized carbons (Fsp3) is 0.0800. The molecule has 0 radical (unpaired) electrons. The van der Waals surface area contributed by atoms with Gasteiger partial charge in [-0.1, -0.05) is 30.3 Å². The van der Waals surface area contributed by atoms with Crippen LogP contribution in [-0.4, -0.2) is 11.6 Å². The number of pyridine rings is 1. The molecule has 0 fully saturated rings. The standard InChI is InChI=1S/C25H15NO5/c27-24-21-19(13-20(30-24)15-7-10-26-11-8-15)17-9-12-29-22-16-4-2-1-3-14(16)5-6-18(22)23(17)31-25(21)28/h1-8,10-11,13H,9,12H2. The molecule has 5 aromatic rings. The number of hydrogen-bond acceptors (Lipinski definition) is 6. The van der Waals surface area contributed by atoms with Crippen LogP contribution < -0.4 is 16.0 Å². The lowest BCUT2D eigenvalue weighted by molar-refractivity contribution is 0.330. The Hall–Kier alpha value is -4.19. The van der Waals surface area contributed by atoms with Crippen molar-refractivity contribution < 1.29 is 13.6 Å². The molecule has 2 aromatic carbocycles. The van der Waals surface area contributed by atoms with Gasteiger partial charge in [0.25, 0.3) is 0 Å². The predicted octanol–water partition coefficient (Wildman–Crippen LogP) is 4.56. The van der Waals surface area contributed by atoms with Crippen molar-refractivity contribution in [2.45, 2.75) is 6.42 Å². The van der Waals surface area contributed by atoms with E-state index >= 15 is 0 Å². The number of hydrogen-bond donors (Lipinski definition) is 0. The van der Waals surface area contributed by atoms with Crippen molar-refractivity contribution in [1.82, 2.24) is 4.98 Å². The van der Waals surface area contributed by atoms with E-state index in [-0.39, 0.29) is 5.39 Å². The average Bonchev–Trinajstić information content (AvgIpc) is 2.99. The summed E-state index contributed by atoms with van der Waals surface area (Å²) >= 11 is 0. The van der Waals surface area contributed by atoms with E-state index in [9.17, 15) is 9.59 Å². The minimum absolute atomic E-state index is 0.0826. The summed E-state index contributed by atoms with van der Waals surface area (Å²) in [4.78, 5) is 29.5. The first-order chi connectivity index (χ1) is 15.2. The van der Waals surface area contributed by atoms with Crippen LogP contribution in [0.25, 0.3) is 44.2 Å². The third-order valence-corrected chi connectivity index (χ3v) is 5.64. The first-order valence-corrected chi connectivity index (χ1v) is 9.90. The van der Waals surface area contributed by atoms with Gasteiger partial charge >= 0.3 is 11.3 Å². The van der Waals surface area contributed by atoms with Gasteiger partial charge in [0.2, 0.25) is 0 Å². The van der Waals surface area contributed by atoms with Crippen LogP contribution in [0, 0.1) is 0 Å². The average molecular weight is 409 g/mol. The topological polar surface area (TPSA) is 82.5 Å². The molecule has 1 aliphatic rings. The fourth-order valence-corrected chi connectivity index (χ4v) is 4.21. The quantitative estimate of drug-likeness (QED) is 0.404. The molecular weight excluding hydrogens is 394 g/mol. The lowest BCUT2D eigenvalue weighted by atomic mass is 9.97. The number of benzene rings is 2. The fourth-order valence-electron chi connectivity index (χ4n) is 4.21. The first-order valence-electron chi connectivity index (χ1n) is 9.90. The molecule has 3 aromatic heterocycles. The van der Waals surface area contributed by atoms with Gasteiger partial charge < -0.3 is 13.6 Å². The molecule has 0 atom stereocenters. The Morgan fingerprint density at radius 3 is 2.52 bits per heavy atom. The molecule has 6 rings (SSSR count). The SMILES string of the molecule is O=c1oc(-c2ccncc2)cc2c3c(oc(=O)c12)-c1ccc2ccccc2c1OCC3. The monoisotopic (exact) mass is 409 g/mol. The molecule has 6 heteroatoms. The Morgan fingerprint density at radius 1 is 0.839 bits per heavy atom. The van der Waals surface area contributed by atoms with Crippen molar-refractivity contribution in [2.24, 2.45) is 0 Å². The smallest absolute Gasteiger partial charge is 0.351 e. The summed E-state index contributed by atoms with van der Waals surface area (Å²) in [5.41, 5.74) is 0.720. The maximum Gasteiger partial charge on any atom is 0.351 e. The Balaban J connectivity index is 1.70. The van der Waals surface area contributed by atoms with Crippen LogP contribution in [-0.2, 0) is 6.42 Å². The molecule has 150 valence electrons. The number of nitrogens with zero attached hydrogens (tertiary/aromatic N) is 1. The van der Waals surface area contributed by atoms with Crippen molar-refractivity contribution in [1.29, 1.82) is 0 Å². The van der Waals surface area contributed by atoms with Gasteiger partial charge in [-0.15, -0.1) is 0 Å². The Labute approximate surface area is 175 Å². The molecule has 0 spiro atoms. The highest BCUT2D eigenvalue weighted by atomic mass is 16.5. The van der Waals surface area contributed by atoms with Gasteiger partial charge in [0.15, 0.2) is 5.39 Å². The number of ether oxygens (including phenoxy) is 1. The number of aromatic nitrogens is 1. The minimum atomic E-state index is -0.718. The van der Waals surface area contributed by atoms with Crippen molar-refractivity contribution in [3.05, 3.63) is 93.4 Å². The normalized spacial score (nSPS) is 12.8. The number of fused-ring (bicyclic) bond motifs is 7.